The second-order valence-corrected chi connectivity index (χ2v) is 11.6. The van der Waals surface area contributed by atoms with Gasteiger partial charge in [0.05, 0.1) is 0 Å². The molecule has 0 N–H and O–H groups in total. The predicted molar refractivity (Wildman–Crippen MR) is 77.7 cm³/mol. The molecular formula is C15H23P. The fourth-order valence-electron chi connectivity index (χ4n) is 3.25. The van der Waals surface area contributed by atoms with Gasteiger partial charge in [0.25, 0.3) is 0 Å². The first-order valence-corrected chi connectivity index (χ1v) is 7.90. The third kappa shape index (κ3) is 1.36. The van der Waals surface area contributed by atoms with E-state index in [-0.39, 0.29) is 0 Å². The molecule has 1 heteroatoms. The standard InChI is InChI=1S/C15H23P/c1-14(2,3)16(15(4,5)6)11-12-9-7-8-10-13(12)16/h7-11H,1-6H3. The Balaban J connectivity index is 2.69. The Hall–Kier alpha value is -0.480. The van der Waals surface area contributed by atoms with Gasteiger partial charge in [-0.2, -0.15) is 0 Å². The van der Waals surface area contributed by atoms with Crippen molar-refractivity contribution in [2.75, 3.05) is 0 Å². The molecule has 0 saturated heterocycles. The Morgan fingerprint density at radius 1 is 0.812 bits per heavy atom. The lowest BCUT2D eigenvalue weighted by Crippen LogP contribution is -2.42. The van der Waals surface area contributed by atoms with Gasteiger partial charge in [-0.3, -0.25) is 0 Å². The van der Waals surface area contributed by atoms with Crippen molar-refractivity contribution < 1.29 is 0 Å². The summed E-state index contributed by atoms with van der Waals surface area (Å²) < 4.78 is 0. The maximum absolute atomic E-state index is 2.59. The van der Waals surface area contributed by atoms with Crippen LogP contribution in [0.25, 0.3) is 0 Å². The largest absolute Gasteiger partial charge is 0.0660 e. The summed E-state index contributed by atoms with van der Waals surface area (Å²) in [5.41, 5.74) is 1.47. The summed E-state index contributed by atoms with van der Waals surface area (Å²) in [6.07, 6.45) is 0. The second kappa shape index (κ2) is 3.26. The van der Waals surface area contributed by atoms with Crippen LogP contribution in [-0.2, 0) is 0 Å². The molecule has 2 rings (SSSR count). The lowest BCUT2D eigenvalue weighted by Gasteiger charge is -2.53. The summed E-state index contributed by atoms with van der Waals surface area (Å²) in [4.78, 5) is 0. The highest BCUT2D eigenvalue weighted by atomic mass is 31.2. The van der Waals surface area contributed by atoms with Gasteiger partial charge in [-0.05, 0) is 21.2 Å². The molecule has 1 aromatic carbocycles. The molecule has 16 heavy (non-hydrogen) atoms. The summed E-state index contributed by atoms with van der Waals surface area (Å²) in [6, 6.07) is 8.94. The van der Waals surface area contributed by atoms with Crippen LogP contribution in [0.1, 0.15) is 47.1 Å². The SMILES string of the molecule is CC(C)(C)P1(C(C)(C)C)=Cc2ccccc21. The number of rotatable bonds is 0. The van der Waals surface area contributed by atoms with Crippen LogP contribution < -0.4 is 5.30 Å². The van der Waals surface area contributed by atoms with E-state index < -0.39 is 6.89 Å². The van der Waals surface area contributed by atoms with E-state index in [1.807, 2.05) is 0 Å². The van der Waals surface area contributed by atoms with E-state index in [2.05, 4.69) is 71.6 Å². The van der Waals surface area contributed by atoms with Crippen LogP contribution in [0.15, 0.2) is 24.3 Å². The molecule has 1 aliphatic heterocycles. The van der Waals surface area contributed by atoms with Crippen molar-refractivity contribution >= 4 is 18.0 Å². The van der Waals surface area contributed by atoms with Crippen LogP contribution in [0.2, 0.25) is 0 Å². The zero-order valence-corrected chi connectivity index (χ0v) is 12.2. The van der Waals surface area contributed by atoms with E-state index in [0.29, 0.717) is 10.3 Å². The molecular weight excluding hydrogens is 211 g/mol. The Morgan fingerprint density at radius 3 is 1.75 bits per heavy atom. The monoisotopic (exact) mass is 234 g/mol. The van der Waals surface area contributed by atoms with Crippen LogP contribution in [0, 0.1) is 0 Å². The van der Waals surface area contributed by atoms with Gasteiger partial charge < -0.3 is 0 Å². The quantitative estimate of drug-likeness (QED) is 0.593. The van der Waals surface area contributed by atoms with E-state index >= 15 is 0 Å². The normalized spacial score (nSPS) is 18.4. The molecule has 1 aromatic rings. The number of hydrogen-bond acceptors (Lipinski definition) is 0. The third-order valence-electron chi connectivity index (χ3n) is 3.77. The average molecular weight is 234 g/mol. The van der Waals surface area contributed by atoms with Crippen molar-refractivity contribution in [3.63, 3.8) is 0 Å². The Labute approximate surface area is 100 Å². The van der Waals surface area contributed by atoms with Crippen LogP contribution in [-0.4, -0.2) is 16.1 Å². The zero-order chi connectivity index (χ0) is 12.2. The summed E-state index contributed by atoms with van der Waals surface area (Å²) in [7, 11) is 0. The van der Waals surface area contributed by atoms with E-state index in [1.54, 1.807) is 5.30 Å². The fourth-order valence-corrected chi connectivity index (χ4v) is 8.92. The molecule has 0 aliphatic carbocycles. The molecule has 0 unspecified atom stereocenters. The fraction of sp³-hybridized carbons (Fsp3) is 0.533. The van der Waals surface area contributed by atoms with Crippen LogP contribution in [0.5, 0.6) is 0 Å². The molecule has 0 radical (unpaired) electrons. The molecule has 0 aromatic heterocycles. The van der Waals surface area contributed by atoms with Crippen LogP contribution in [0.4, 0.5) is 0 Å². The van der Waals surface area contributed by atoms with Crippen molar-refractivity contribution in [2.24, 2.45) is 0 Å². The second-order valence-electron chi connectivity index (χ2n) is 6.75. The minimum absolute atomic E-state index is 0.375. The van der Waals surface area contributed by atoms with Gasteiger partial charge in [0.2, 0.25) is 0 Å². The number of hydrogen-bond donors (Lipinski definition) is 0. The predicted octanol–water partition coefficient (Wildman–Crippen LogP) is 4.09. The van der Waals surface area contributed by atoms with Crippen molar-refractivity contribution in [1.82, 2.24) is 0 Å². The first-order valence-electron chi connectivity index (χ1n) is 6.05. The van der Waals surface area contributed by atoms with Gasteiger partial charge in [0.15, 0.2) is 0 Å². The summed E-state index contributed by atoms with van der Waals surface area (Å²) in [6.45, 7) is 13.3. The first kappa shape index (κ1) is 12.0. The molecule has 0 nitrogen and oxygen atoms in total. The van der Waals surface area contributed by atoms with Crippen molar-refractivity contribution in [1.29, 1.82) is 0 Å². The topological polar surface area (TPSA) is 0 Å². The van der Waals surface area contributed by atoms with Gasteiger partial charge in [-0.25, -0.2) is 0 Å². The lowest BCUT2D eigenvalue weighted by atomic mass is 10.2. The summed E-state index contributed by atoms with van der Waals surface area (Å²) >= 11 is 0. The molecule has 0 fully saturated rings. The molecule has 0 saturated carbocycles. The Morgan fingerprint density at radius 2 is 1.31 bits per heavy atom. The molecule has 1 heterocycles. The number of fused-ring (bicyclic) bond motifs is 1. The van der Waals surface area contributed by atoms with E-state index in [0.717, 1.165) is 0 Å². The third-order valence-corrected chi connectivity index (χ3v) is 9.83. The van der Waals surface area contributed by atoms with E-state index in [9.17, 15) is 0 Å². The molecule has 88 valence electrons. The Kier molecular flexibility index (Phi) is 2.45. The number of benzene rings is 1. The van der Waals surface area contributed by atoms with Crippen molar-refractivity contribution in [3.05, 3.63) is 29.8 Å². The van der Waals surface area contributed by atoms with Crippen molar-refractivity contribution in [3.8, 4) is 0 Å². The highest BCUT2D eigenvalue weighted by Crippen LogP contribution is 2.70. The van der Waals surface area contributed by atoms with Gasteiger partial charge in [0, 0.05) is 0 Å². The average Bonchev–Trinajstić information content (AvgIpc) is 2.02. The van der Waals surface area contributed by atoms with Gasteiger partial charge >= 0.3 is 0 Å². The molecule has 0 atom stereocenters. The molecule has 0 bridgehead atoms. The van der Waals surface area contributed by atoms with E-state index in [1.165, 1.54) is 5.56 Å². The molecule has 1 aliphatic rings. The van der Waals surface area contributed by atoms with Gasteiger partial charge in [-0.1, -0.05) is 78.5 Å². The highest BCUT2D eigenvalue weighted by molar-refractivity contribution is 7.87. The van der Waals surface area contributed by atoms with Crippen molar-refractivity contribution in [2.45, 2.75) is 51.9 Å². The Bertz CT molecular complexity index is 449. The maximum Gasteiger partial charge on any atom is -0.0138 e. The van der Waals surface area contributed by atoms with Gasteiger partial charge in [-0.15, -0.1) is 0 Å². The highest BCUT2D eigenvalue weighted by Gasteiger charge is 2.47. The first-order chi connectivity index (χ1) is 7.20. The van der Waals surface area contributed by atoms with E-state index in [4.69, 9.17) is 0 Å². The molecule has 0 amide bonds. The summed E-state index contributed by atoms with van der Waals surface area (Å²) in [5.74, 6) is 2.59. The van der Waals surface area contributed by atoms with Crippen LogP contribution in [0.3, 0.4) is 0 Å². The van der Waals surface area contributed by atoms with Gasteiger partial charge in [0.1, 0.15) is 0 Å². The zero-order valence-electron chi connectivity index (χ0n) is 11.3. The minimum atomic E-state index is -1.15. The minimum Gasteiger partial charge on any atom is -0.0660 e. The molecule has 0 spiro atoms. The lowest BCUT2D eigenvalue weighted by molar-refractivity contribution is 0.709. The summed E-state index contributed by atoms with van der Waals surface area (Å²) in [5, 5.41) is 2.38. The smallest absolute Gasteiger partial charge is 0.0138 e. The maximum atomic E-state index is 2.59. The van der Waals surface area contributed by atoms with Crippen LogP contribution >= 0.6 is 6.89 Å².